The third-order valence-electron chi connectivity index (χ3n) is 11.2. The van der Waals surface area contributed by atoms with Crippen molar-refractivity contribution in [2.45, 2.75) is 25.2 Å². The van der Waals surface area contributed by atoms with Crippen LogP contribution in [0.3, 0.4) is 0 Å². The van der Waals surface area contributed by atoms with Crippen LogP contribution in [0, 0.1) is 0 Å². The van der Waals surface area contributed by atoms with Crippen molar-refractivity contribution < 1.29 is 4.42 Å². The van der Waals surface area contributed by atoms with Gasteiger partial charge in [0.2, 0.25) is 0 Å². The van der Waals surface area contributed by atoms with Gasteiger partial charge in [-0.15, -0.1) is 0 Å². The molecule has 9 aromatic rings. The molecule has 1 heteroatoms. The molecule has 1 aliphatic carbocycles. The Bertz CT molecular complexity index is 2750. The highest BCUT2D eigenvalue weighted by atomic mass is 16.3. The minimum absolute atomic E-state index is 0.00236. The van der Waals surface area contributed by atoms with Gasteiger partial charge in [0.05, 0.1) is 0 Å². The van der Waals surface area contributed by atoms with E-state index in [-0.39, 0.29) is 11.3 Å². The lowest BCUT2D eigenvalue weighted by Crippen LogP contribution is -2.14. The fourth-order valence-corrected chi connectivity index (χ4v) is 8.69. The molecular formula is C50H36O. The van der Waals surface area contributed by atoms with Gasteiger partial charge in [0, 0.05) is 33.2 Å². The first-order chi connectivity index (χ1) is 25.1. The van der Waals surface area contributed by atoms with E-state index in [9.17, 15) is 0 Å². The number of para-hydroxylation sites is 1. The lowest BCUT2D eigenvalue weighted by Gasteiger charge is -2.22. The highest BCUT2D eigenvalue weighted by Gasteiger charge is 2.35. The zero-order valence-electron chi connectivity index (χ0n) is 28.7. The molecule has 0 amide bonds. The van der Waals surface area contributed by atoms with Crippen molar-refractivity contribution in [3.05, 3.63) is 204 Å². The average molecular weight is 653 g/mol. The van der Waals surface area contributed by atoms with Crippen molar-refractivity contribution in [1.82, 2.24) is 0 Å². The van der Waals surface area contributed by atoms with Crippen LogP contribution < -0.4 is 0 Å². The summed E-state index contributed by atoms with van der Waals surface area (Å²) in [5.41, 5.74) is 15.6. The van der Waals surface area contributed by atoms with Crippen LogP contribution in [-0.2, 0) is 5.41 Å². The topological polar surface area (TPSA) is 13.1 Å². The van der Waals surface area contributed by atoms with Gasteiger partial charge in [0.1, 0.15) is 11.2 Å². The number of fused-ring (bicyclic) bond motifs is 7. The van der Waals surface area contributed by atoms with Crippen molar-refractivity contribution in [3.8, 4) is 33.4 Å². The summed E-state index contributed by atoms with van der Waals surface area (Å²) in [6.45, 7) is 4.70. The molecule has 8 aromatic carbocycles. The van der Waals surface area contributed by atoms with Crippen LogP contribution in [0.5, 0.6) is 0 Å². The first-order valence-electron chi connectivity index (χ1n) is 17.9. The standard InChI is InChI=1S/C50H36O/c1-50(2)44-23-12-11-20-39(44)40-29-28-37(31-45(40)50)47-38-19-10-9-18-36(38)30-43-41-21-13-22-42(48(41)51-49(43)47)46(34-16-7-4-8-17-34)35-26-24-33(25-27-35)32-14-5-3-6-15-32/h3-31,46H,1-2H3. The van der Waals surface area contributed by atoms with E-state index in [0.29, 0.717) is 0 Å². The Morgan fingerprint density at radius 3 is 1.88 bits per heavy atom. The third kappa shape index (κ3) is 4.62. The molecule has 0 aliphatic heterocycles. The molecule has 0 bridgehead atoms. The minimum Gasteiger partial charge on any atom is -0.455 e. The van der Waals surface area contributed by atoms with Crippen molar-refractivity contribution in [2.24, 2.45) is 0 Å². The Morgan fingerprint density at radius 2 is 1.06 bits per heavy atom. The summed E-state index contributed by atoms with van der Waals surface area (Å²) in [6.07, 6.45) is 0. The maximum Gasteiger partial charge on any atom is 0.143 e. The maximum absolute atomic E-state index is 7.23. The van der Waals surface area contributed by atoms with Crippen LogP contribution in [0.4, 0.5) is 0 Å². The molecule has 1 unspecified atom stereocenters. The quantitative estimate of drug-likeness (QED) is 0.169. The van der Waals surface area contributed by atoms with Crippen molar-refractivity contribution in [2.75, 3.05) is 0 Å². The Morgan fingerprint density at radius 1 is 0.431 bits per heavy atom. The normalized spacial score (nSPS) is 13.8. The van der Waals surface area contributed by atoms with E-state index in [1.165, 1.54) is 66.4 Å². The monoisotopic (exact) mass is 652 g/mol. The van der Waals surface area contributed by atoms with E-state index in [4.69, 9.17) is 4.42 Å². The molecule has 0 spiro atoms. The second kappa shape index (κ2) is 11.4. The summed E-state index contributed by atoms with van der Waals surface area (Å²) < 4.78 is 7.23. The molecule has 0 saturated carbocycles. The van der Waals surface area contributed by atoms with E-state index < -0.39 is 0 Å². The van der Waals surface area contributed by atoms with Crippen molar-refractivity contribution >= 4 is 32.7 Å². The number of benzene rings is 8. The molecule has 1 nitrogen and oxygen atoms in total. The second-order valence-corrected chi connectivity index (χ2v) is 14.4. The van der Waals surface area contributed by atoms with E-state index in [0.717, 1.165) is 27.5 Å². The minimum atomic E-state index is -0.0916. The number of furan rings is 1. The molecule has 10 rings (SSSR count). The molecule has 1 aliphatic rings. The molecule has 0 saturated heterocycles. The largest absolute Gasteiger partial charge is 0.455 e. The van der Waals surface area contributed by atoms with Crippen molar-refractivity contribution in [3.63, 3.8) is 0 Å². The highest BCUT2D eigenvalue weighted by molar-refractivity contribution is 6.19. The van der Waals surface area contributed by atoms with Crippen LogP contribution in [-0.4, -0.2) is 0 Å². The maximum atomic E-state index is 7.23. The van der Waals surface area contributed by atoms with Crippen LogP contribution in [0.25, 0.3) is 66.1 Å². The summed E-state index contributed by atoms with van der Waals surface area (Å²) in [5.74, 6) is -0.00236. The zero-order chi connectivity index (χ0) is 34.1. The number of hydrogen-bond donors (Lipinski definition) is 0. The van der Waals surface area contributed by atoms with Crippen LogP contribution in [0.2, 0.25) is 0 Å². The van der Waals surface area contributed by atoms with E-state index >= 15 is 0 Å². The highest BCUT2D eigenvalue weighted by Crippen LogP contribution is 2.51. The molecule has 0 N–H and O–H groups in total. The van der Waals surface area contributed by atoms with Gasteiger partial charge in [-0.1, -0.05) is 178 Å². The van der Waals surface area contributed by atoms with E-state index in [2.05, 4.69) is 190 Å². The summed E-state index contributed by atoms with van der Waals surface area (Å²) in [6, 6.07) is 64.2. The van der Waals surface area contributed by atoms with Gasteiger partial charge >= 0.3 is 0 Å². The molecular weight excluding hydrogens is 617 g/mol. The fraction of sp³-hybridized carbons (Fsp3) is 0.0800. The number of hydrogen-bond acceptors (Lipinski definition) is 1. The van der Waals surface area contributed by atoms with Crippen LogP contribution >= 0.6 is 0 Å². The van der Waals surface area contributed by atoms with Crippen LogP contribution in [0.15, 0.2) is 180 Å². The second-order valence-electron chi connectivity index (χ2n) is 14.4. The van der Waals surface area contributed by atoms with Gasteiger partial charge < -0.3 is 4.42 Å². The average Bonchev–Trinajstić information content (AvgIpc) is 3.67. The van der Waals surface area contributed by atoms with Gasteiger partial charge in [-0.3, -0.25) is 0 Å². The van der Waals surface area contributed by atoms with Gasteiger partial charge in [-0.2, -0.15) is 0 Å². The Kier molecular flexibility index (Phi) is 6.66. The number of rotatable bonds is 5. The molecule has 0 fully saturated rings. The molecule has 1 aromatic heterocycles. The van der Waals surface area contributed by atoms with Gasteiger partial charge in [0.15, 0.2) is 0 Å². The van der Waals surface area contributed by atoms with E-state index in [1.807, 2.05) is 0 Å². The predicted molar refractivity (Wildman–Crippen MR) is 213 cm³/mol. The van der Waals surface area contributed by atoms with Crippen molar-refractivity contribution in [1.29, 1.82) is 0 Å². The SMILES string of the molecule is CC1(C)c2ccccc2-c2ccc(-c3c4ccccc4cc4c3oc3c(C(c5ccccc5)c5ccc(-c6ccccc6)cc5)cccc34)cc21. The molecule has 51 heavy (non-hydrogen) atoms. The fourth-order valence-electron chi connectivity index (χ4n) is 8.69. The predicted octanol–water partition coefficient (Wildman–Crippen LogP) is 13.6. The smallest absolute Gasteiger partial charge is 0.143 e. The summed E-state index contributed by atoms with van der Waals surface area (Å²) in [4.78, 5) is 0. The zero-order valence-corrected chi connectivity index (χ0v) is 28.7. The molecule has 1 heterocycles. The first kappa shape index (κ1) is 29.7. The lowest BCUT2D eigenvalue weighted by molar-refractivity contribution is 0.659. The molecule has 1 atom stereocenters. The Labute approximate surface area is 298 Å². The Hall–Kier alpha value is -6.18. The Balaban J connectivity index is 1.20. The summed E-state index contributed by atoms with van der Waals surface area (Å²) in [7, 11) is 0. The third-order valence-corrected chi connectivity index (χ3v) is 11.2. The summed E-state index contributed by atoms with van der Waals surface area (Å²) in [5, 5.41) is 4.71. The van der Waals surface area contributed by atoms with Gasteiger partial charge in [-0.05, 0) is 73.0 Å². The summed E-state index contributed by atoms with van der Waals surface area (Å²) >= 11 is 0. The van der Waals surface area contributed by atoms with Crippen LogP contribution in [0.1, 0.15) is 47.6 Å². The van der Waals surface area contributed by atoms with Gasteiger partial charge in [-0.25, -0.2) is 0 Å². The molecule has 0 radical (unpaired) electrons. The molecule has 242 valence electrons. The lowest BCUT2D eigenvalue weighted by atomic mass is 9.81. The first-order valence-corrected chi connectivity index (χ1v) is 17.9. The van der Waals surface area contributed by atoms with Gasteiger partial charge in [0.25, 0.3) is 0 Å². The van der Waals surface area contributed by atoms with E-state index in [1.54, 1.807) is 0 Å².